The van der Waals surface area contributed by atoms with Gasteiger partial charge in [-0.25, -0.2) is 9.97 Å². The summed E-state index contributed by atoms with van der Waals surface area (Å²) in [5.74, 6) is 0.298. The Morgan fingerprint density at radius 1 is 1.39 bits per heavy atom. The van der Waals surface area contributed by atoms with E-state index in [0.29, 0.717) is 21.8 Å². The van der Waals surface area contributed by atoms with Gasteiger partial charge in [-0.1, -0.05) is 12.2 Å². The molecule has 0 saturated carbocycles. The van der Waals surface area contributed by atoms with E-state index in [9.17, 15) is 0 Å². The molecule has 0 aromatic carbocycles. The fourth-order valence-corrected chi connectivity index (χ4v) is 3.10. The molecule has 0 spiro atoms. The normalized spacial score (nSPS) is 10.2. The van der Waals surface area contributed by atoms with E-state index in [-0.39, 0.29) is 0 Å². The number of H-pyrrole nitrogens is 2. The van der Waals surface area contributed by atoms with Crippen LogP contribution in [0.4, 0.5) is 5.95 Å². The third-order valence-corrected chi connectivity index (χ3v) is 4.65. The predicted octanol–water partition coefficient (Wildman–Crippen LogP) is 3.13. The van der Waals surface area contributed by atoms with Gasteiger partial charge >= 0.3 is 62.7 Å². The largest absolute Gasteiger partial charge is 0.369 e. The van der Waals surface area contributed by atoms with Gasteiger partial charge in [-0.2, -0.15) is 0 Å². The first-order valence-electron chi connectivity index (χ1n) is 6.17. The van der Waals surface area contributed by atoms with Gasteiger partial charge in [0.2, 0.25) is 0 Å². The molecule has 0 saturated heterocycles. The van der Waals surface area contributed by atoms with E-state index in [2.05, 4.69) is 26.9 Å². The average molecular weight is 453 g/mol. The molecule has 0 aliphatic carbocycles. The van der Waals surface area contributed by atoms with Crippen molar-refractivity contribution in [2.75, 3.05) is 5.73 Å². The van der Waals surface area contributed by atoms with Crippen molar-refractivity contribution in [2.24, 2.45) is 0 Å². The summed E-state index contributed by atoms with van der Waals surface area (Å²) in [6.07, 6.45) is 7.38. The SMILES string of the molecule is CCCCC[CH2][Hg].Nc1nc(=S)c2nc[nH]c2[nH]1. The molecule has 0 amide bonds. The third-order valence-electron chi connectivity index (χ3n) is 2.42. The molecule has 0 unspecified atom stereocenters. The molecule has 4 N–H and O–H groups in total. The molecule has 95 valence electrons. The van der Waals surface area contributed by atoms with Crippen LogP contribution >= 0.6 is 12.2 Å². The number of rotatable bonds is 4. The Bertz CT molecular complexity index is 517. The maximum Gasteiger partial charge on any atom is 0.200 e. The topological polar surface area (TPSA) is 83.4 Å². The van der Waals surface area contributed by atoms with E-state index >= 15 is 0 Å². The molecule has 0 atom stereocenters. The van der Waals surface area contributed by atoms with Crippen molar-refractivity contribution < 1.29 is 26.1 Å². The van der Waals surface area contributed by atoms with Gasteiger partial charge in [0.05, 0.1) is 6.33 Å². The molecule has 2 aromatic heterocycles. The van der Waals surface area contributed by atoms with Gasteiger partial charge in [0, 0.05) is 0 Å². The number of hydrogen-bond donors (Lipinski definition) is 3. The summed E-state index contributed by atoms with van der Waals surface area (Å²) >= 11 is 5.97. The molecule has 5 nitrogen and oxygen atoms in total. The number of fused-ring (bicyclic) bond motifs is 1. The number of hydrogen-bond acceptors (Lipinski definition) is 4. The number of nitrogen functional groups attached to an aromatic ring is 1. The molecule has 2 heterocycles. The van der Waals surface area contributed by atoms with Crippen LogP contribution in [0.25, 0.3) is 11.2 Å². The molecule has 18 heavy (non-hydrogen) atoms. The van der Waals surface area contributed by atoms with E-state index in [1.54, 1.807) is 3.93 Å². The van der Waals surface area contributed by atoms with Gasteiger partial charge in [-0.3, -0.25) is 0 Å². The van der Waals surface area contributed by atoms with Crippen molar-refractivity contribution >= 4 is 29.3 Å². The minimum absolute atomic E-state index is 0.298. The monoisotopic (exact) mass is 454 g/mol. The van der Waals surface area contributed by atoms with Gasteiger partial charge in [0.25, 0.3) is 0 Å². The number of nitrogens with two attached hydrogens (primary N) is 1. The third kappa shape index (κ3) is 5.01. The molecule has 0 aliphatic heterocycles. The van der Waals surface area contributed by atoms with Crippen LogP contribution in [0.1, 0.15) is 32.6 Å². The van der Waals surface area contributed by atoms with Crippen LogP contribution in [0.5, 0.6) is 0 Å². The molecule has 7 heteroatoms. The van der Waals surface area contributed by atoms with Gasteiger partial charge < -0.3 is 15.7 Å². The summed E-state index contributed by atoms with van der Waals surface area (Å²) in [4.78, 5) is 13.4. The zero-order valence-corrected chi connectivity index (χ0v) is 17.0. The minimum Gasteiger partial charge on any atom is -0.369 e. The second-order valence-corrected chi connectivity index (χ2v) is 7.10. The van der Waals surface area contributed by atoms with Crippen LogP contribution in [0.2, 0.25) is 3.93 Å². The zero-order chi connectivity index (χ0) is 13.4. The fraction of sp³-hybridized carbons (Fsp3) is 0.545. The molecule has 0 fully saturated rings. The van der Waals surface area contributed by atoms with E-state index in [1.165, 1.54) is 32.0 Å². The van der Waals surface area contributed by atoms with E-state index in [0.717, 1.165) is 26.1 Å². The Labute approximate surface area is 128 Å². The Balaban J connectivity index is 0.000000203. The summed E-state index contributed by atoms with van der Waals surface area (Å²) in [6.45, 7) is 2.26. The first kappa shape index (κ1) is 15.6. The van der Waals surface area contributed by atoms with Crippen molar-refractivity contribution in [2.45, 2.75) is 36.5 Å². The number of anilines is 1. The van der Waals surface area contributed by atoms with Crippen molar-refractivity contribution in [1.29, 1.82) is 0 Å². The minimum atomic E-state index is 0.298. The first-order valence-corrected chi connectivity index (χ1v) is 10.5. The number of aromatic amines is 2. The van der Waals surface area contributed by atoms with Crippen LogP contribution < -0.4 is 5.73 Å². The molecule has 2 aromatic rings. The average Bonchev–Trinajstić information content (AvgIpc) is 2.79. The second-order valence-electron chi connectivity index (χ2n) is 3.97. The van der Waals surface area contributed by atoms with Crippen molar-refractivity contribution in [3.05, 3.63) is 11.0 Å². The Morgan fingerprint density at radius 3 is 2.83 bits per heavy atom. The van der Waals surface area contributed by atoms with Crippen LogP contribution in [-0.4, -0.2) is 19.9 Å². The van der Waals surface area contributed by atoms with Crippen LogP contribution in [-0.2, 0) is 26.1 Å². The molecular weight excluding hydrogens is 435 g/mol. The number of nitrogens with zero attached hydrogens (tertiary/aromatic N) is 2. The number of nitrogens with one attached hydrogen (secondary N) is 2. The maximum atomic E-state index is 5.40. The summed E-state index contributed by atoms with van der Waals surface area (Å²) in [7, 11) is 0. The Kier molecular flexibility index (Phi) is 7.42. The number of aromatic nitrogens is 4. The standard InChI is InChI=1S/C6H13.C5H5N5S.Hg/c1-3-5-6-4-2;6-5-9-3-2(4(11)10-5)7-1-8-3;/h1,3-6H2,2H3;1H,(H4,6,7,8,9,10,11);. The van der Waals surface area contributed by atoms with Crippen LogP contribution in [0, 0.1) is 4.64 Å². The van der Waals surface area contributed by atoms with Gasteiger partial charge in [0.1, 0.15) is 11.2 Å². The molecule has 0 radical (unpaired) electrons. The maximum absolute atomic E-state index is 5.40. The van der Waals surface area contributed by atoms with Crippen molar-refractivity contribution in [3.8, 4) is 0 Å². The van der Waals surface area contributed by atoms with Crippen LogP contribution in [0.3, 0.4) is 0 Å². The smallest absolute Gasteiger partial charge is 0.200 e. The van der Waals surface area contributed by atoms with Gasteiger partial charge in [-0.15, -0.1) is 0 Å². The molecular formula is C11H18HgN5S. The fourth-order valence-electron chi connectivity index (χ4n) is 1.47. The first-order chi connectivity index (χ1) is 8.69. The number of imidazole rings is 1. The summed E-state index contributed by atoms with van der Waals surface area (Å²) in [5.41, 5.74) is 6.76. The Hall–Kier alpha value is -0.495. The van der Waals surface area contributed by atoms with Crippen LogP contribution in [0.15, 0.2) is 6.33 Å². The molecule has 2 rings (SSSR count). The van der Waals surface area contributed by atoms with Gasteiger partial charge in [0.15, 0.2) is 10.6 Å². The predicted molar refractivity (Wildman–Crippen MR) is 72.4 cm³/mol. The zero-order valence-electron chi connectivity index (χ0n) is 10.7. The van der Waals surface area contributed by atoms with Crippen molar-refractivity contribution in [3.63, 3.8) is 0 Å². The Morgan fingerprint density at radius 2 is 2.17 bits per heavy atom. The molecule has 0 aliphatic rings. The summed E-state index contributed by atoms with van der Waals surface area (Å²) in [5, 5.41) is 0. The summed E-state index contributed by atoms with van der Waals surface area (Å²) in [6, 6.07) is 0. The van der Waals surface area contributed by atoms with E-state index in [1.807, 2.05) is 0 Å². The van der Waals surface area contributed by atoms with E-state index < -0.39 is 0 Å². The van der Waals surface area contributed by atoms with Gasteiger partial charge in [-0.05, 0) is 0 Å². The second kappa shape index (κ2) is 8.58. The van der Waals surface area contributed by atoms with E-state index in [4.69, 9.17) is 18.0 Å². The number of unbranched alkanes of at least 4 members (excludes halogenated alkanes) is 3. The summed E-state index contributed by atoms with van der Waals surface area (Å²) < 4.78 is 1.97. The quantitative estimate of drug-likeness (QED) is 0.378. The van der Waals surface area contributed by atoms with Crippen molar-refractivity contribution in [1.82, 2.24) is 19.9 Å². The molecule has 0 bridgehead atoms.